The minimum atomic E-state index is -4.56. The average Bonchev–Trinajstić information content (AvgIpc) is 3.06. The summed E-state index contributed by atoms with van der Waals surface area (Å²) < 4.78 is 39.2. The van der Waals surface area contributed by atoms with Crippen molar-refractivity contribution in [3.63, 3.8) is 0 Å². The zero-order valence-electron chi connectivity index (χ0n) is 14.5. The molecular weight excluding hydrogens is 401 g/mol. The molecule has 1 heterocycles. The molecule has 2 N–H and O–H groups in total. The first-order valence-corrected chi connectivity index (χ1v) is 9.74. The molecule has 2 aromatic rings. The van der Waals surface area contributed by atoms with Gasteiger partial charge in [-0.05, 0) is 18.6 Å². The fraction of sp³-hybridized carbons (Fsp3) is 0.375. The average molecular weight is 418 g/mol. The maximum Gasteiger partial charge on any atom is 0.418 e. The van der Waals surface area contributed by atoms with Gasteiger partial charge in [-0.15, -0.1) is 10.2 Å². The molecular formula is C16H17F3N4O2S2. The Kier molecular flexibility index (Phi) is 7.19. The highest BCUT2D eigenvalue weighted by atomic mass is 32.2. The van der Waals surface area contributed by atoms with E-state index in [9.17, 15) is 22.8 Å². The third-order valence-corrected chi connectivity index (χ3v) is 5.50. The fourth-order valence-corrected chi connectivity index (χ4v) is 3.44. The van der Waals surface area contributed by atoms with Gasteiger partial charge in [0, 0.05) is 5.92 Å². The maximum atomic E-state index is 12.9. The maximum absolute atomic E-state index is 12.9. The van der Waals surface area contributed by atoms with Crippen LogP contribution in [0, 0.1) is 5.92 Å². The van der Waals surface area contributed by atoms with Crippen molar-refractivity contribution in [2.24, 2.45) is 5.92 Å². The predicted molar refractivity (Wildman–Crippen MR) is 98.8 cm³/mol. The first-order valence-electron chi connectivity index (χ1n) is 7.94. The Morgan fingerprint density at radius 3 is 2.59 bits per heavy atom. The number of nitrogens with one attached hydrogen (secondary N) is 2. The van der Waals surface area contributed by atoms with Crippen molar-refractivity contribution in [2.75, 3.05) is 16.4 Å². The molecule has 0 fully saturated rings. The Labute approximate surface area is 161 Å². The number of anilines is 2. The molecule has 2 rings (SSSR count). The van der Waals surface area contributed by atoms with Crippen LogP contribution in [0.1, 0.15) is 25.8 Å². The van der Waals surface area contributed by atoms with E-state index in [4.69, 9.17) is 0 Å². The molecule has 27 heavy (non-hydrogen) atoms. The topological polar surface area (TPSA) is 84.0 Å². The van der Waals surface area contributed by atoms with E-state index < -0.39 is 17.6 Å². The van der Waals surface area contributed by atoms with Crippen molar-refractivity contribution in [3.05, 3.63) is 29.8 Å². The lowest BCUT2D eigenvalue weighted by molar-refractivity contribution is -0.137. The number of benzene rings is 1. The zero-order chi connectivity index (χ0) is 20.0. The molecule has 0 spiro atoms. The molecule has 1 atom stereocenters. The number of amides is 2. The minimum Gasteiger partial charge on any atom is -0.325 e. The molecule has 0 aliphatic rings. The molecule has 0 aliphatic heterocycles. The molecule has 11 heteroatoms. The summed E-state index contributed by atoms with van der Waals surface area (Å²) >= 11 is 2.12. The molecule has 0 bridgehead atoms. The number of thioether (sulfide) groups is 1. The Hall–Kier alpha value is -2.14. The first kappa shape index (κ1) is 21.2. The quantitative estimate of drug-likeness (QED) is 0.518. The lowest BCUT2D eigenvalue weighted by atomic mass is 10.1. The second-order valence-corrected chi connectivity index (χ2v) is 7.75. The van der Waals surface area contributed by atoms with Crippen molar-refractivity contribution < 1.29 is 22.8 Å². The van der Waals surface area contributed by atoms with Crippen molar-refractivity contribution >= 4 is 45.7 Å². The summed E-state index contributed by atoms with van der Waals surface area (Å²) in [5, 5.41) is 12.9. The highest BCUT2D eigenvalue weighted by Crippen LogP contribution is 2.34. The van der Waals surface area contributed by atoms with E-state index in [1.165, 1.54) is 18.2 Å². The third kappa shape index (κ3) is 6.21. The summed E-state index contributed by atoms with van der Waals surface area (Å²) in [6.45, 7) is 3.68. The Balaban J connectivity index is 1.91. The number of aromatic nitrogens is 2. The number of hydrogen-bond donors (Lipinski definition) is 2. The summed E-state index contributed by atoms with van der Waals surface area (Å²) in [5.41, 5.74) is -1.20. The number of hydrogen-bond acceptors (Lipinski definition) is 6. The number of carbonyl (C=O) groups excluding carboxylic acids is 2. The summed E-state index contributed by atoms with van der Waals surface area (Å²) in [7, 11) is 0. The summed E-state index contributed by atoms with van der Waals surface area (Å²) in [6, 6.07) is 4.76. The smallest absolute Gasteiger partial charge is 0.325 e. The van der Waals surface area contributed by atoms with E-state index in [0.717, 1.165) is 29.2 Å². The molecule has 0 saturated heterocycles. The molecule has 2 amide bonds. The van der Waals surface area contributed by atoms with Crippen molar-refractivity contribution in [3.8, 4) is 0 Å². The second kappa shape index (κ2) is 9.18. The molecule has 6 nitrogen and oxygen atoms in total. The number of halogens is 3. The summed E-state index contributed by atoms with van der Waals surface area (Å²) in [6.07, 6.45) is -3.87. The van der Waals surface area contributed by atoms with Crippen LogP contribution < -0.4 is 10.6 Å². The third-order valence-electron chi connectivity index (χ3n) is 3.53. The van der Waals surface area contributed by atoms with Crippen molar-refractivity contribution in [1.82, 2.24) is 10.2 Å². The van der Waals surface area contributed by atoms with Crippen molar-refractivity contribution in [2.45, 2.75) is 30.8 Å². The molecule has 0 saturated carbocycles. The van der Waals surface area contributed by atoms with Crippen LogP contribution in [0.25, 0.3) is 0 Å². The normalized spacial score (nSPS) is 12.5. The minimum absolute atomic E-state index is 0.139. The van der Waals surface area contributed by atoms with E-state index in [1.54, 1.807) is 6.92 Å². The van der Waals surface area contributed by atoms with Crippen LogP contribution in [0.5, 0.6) is 0 Å². The van der Waals surface area contributed by atoms with E-state index in [-0.39, 0.29) is 23.3 Å². The Bertz CT molecular complexity index is 811. The highest BCUT2D eigenvalue weighted by Gasteiger charge is 2.33. The van der Waals surface area contributed by atoms with Crippen molar-refractivity contribution in [1.29, 1.82) is 0 Å². The van der Waals surface area contributed by atoms with Crippen LogP contribution in [-0.4, -0.2) is 27.8 Å². The second-order valence-electron chi connectivity index (χ2n) is 5.55. The van der Waals surface area contributed by atoms with Gasteiger partial charge in [0.2, 0.25) is 16.9 Å². The van der Waals surface area contributed by atoms with Gasteiger partial charge in [-0.25, -0.2) is 0 Å². The van der Waals surface area contributed by atoms with Gasteiger partial charge in [0.15, 0.2) is 4.34 Å². The van der Waals surface area contributed by atoms with E-state index in [2.05, 4.69) is 20.8 Å². The van der Waals surface area contributed by atoms with Gasteiger partial charge in [-0.3, -0.25) is 9.59 Å². The SMILES string of the molecule is CC[C@@H](C)C(=O)Nc1nnc(SCC(=O)Nc2ccccc2C(F)(F)F)s1. The number of alkyl halides is 3. The summed E-state index contributed by atoms with van der Waals surface area (Å²) in [5.74, 6) is -1.08. The van der Waals surface area contributed by atoms with Crippen LogP contribution in [0.15, 0.2) is 28.6 Å². The molecule has 1 aromatic heterocycles. The lowest BCUT2D eigenvalue weighted by Gasteiger charge is -2.13. The molecule has 146 valence electrons. The number of rotatable bonds is 7. The number of nitrogens with zero attached hydrogens (tertiary/aromatic N) is 2. The van der Waals surface area contributed by atoms with Gasteiger partial charge in [0.1, 0.15) is 0 Å². The van der Waals surface area contributed by atoms with Gasteiger partial charge in [0.25, 0.3) is 0 Å². The molecule has 0 radical (unpaired) electrons. The van der Waals surface area contributed by atoms with E-state index in [0.29, 0.717) is 15.9 Å². The van der Waals surface area contributed by atoms with E-state index in [1.807, 2.05) is 6.92 Å². The number of carbonyl (C=O) groups is 2. The van der Waals surface area contributed by atoms with Crippen LogP contribution in [0.2, 0.25) is 0 Å². The van der Waals surface area contributed by atoms with Gasteiger partial charge in [-0.1, -0.05) is 49.1 Å². The van der Waals surface area contributed by atoms with Crippen LogP contribution in [0.4, 0.5) is 24.0 Å². The Morgan fingerprint density at radius 1 is 1.22 bits per heavy atom. The molecule has 0 aliphatic carbocycles. The van der Waals surface area contributed by atoms with E-state index >= 15 is 0 Å². The summed E-state index contributed by atoms with van der Waals surface area (Å²) in [4.78, 5) is 23.8. The molecule has 1 aromatic carbocycles. The van der Waals surface area contributed by atoms with Gasteiger partial charge >= 0.3 is 6.18 Å². The lowest BCUT2D eigenvalue weighted by Crippen LogP contribution is -2.19. The number of para-hydroxylation sites is 1. The predicted octanol–water partition coefficient (Wildman–Crippen LogP) is 4.27. The van der Waals surface area contributed by atoms with Crippen LogP contribution >= 0.6 is 23.1 Å². The van der Waals surface area contributed by atoms with Crippen LogP contribution in [-0.2, 0) is 15.8 Å². The largest absolute Gasteiger partial charge is 0.418 e. The highest BCUT2D eigenvalue weighted by molar-refractivity contribution is 8.01. The fourth-order valence-electron chi connectivity index (χ4n) is 1.89. The van der Waals surface area contributed by atoms with Gasteiger partial charge < -0.3 is 10.6 Å². The first-order chi connectivity index (χ1) is 12.7. The standard InChI is InChI=1S/C16H17F3N4O2S2/c1-3-9(2)13(25)21-14-22-23-15(27-14)26-8-12(24)20-11-7-5-4-6-10(11)16(17,18)19/h4-7,9H,3,8H2,1-2H3,(H,20,24)(H,21,22,25)/t9-/m1/s1. The van der Waals surface area contributed by atoms with Crippen LogP contribution in [0.3, 0.4) is 0 Å². The monoisotopic (exact) mass is 418 g/mol. The molecule has 0 unspecified atom stereocenters. The van der Waals surface area contributed by atoms with Gasteiger partial charge in [0.05, 0.1) is 17.0 Å². The zero-order valence-corrected chi connectivity index (χ0v) is 16.1. The Morgan fingerprint density at radius 2 is 1.93 bits per heavy atom. The van der Waals surface area contributed by atoms with Gasteiger partial charge in [-0.2, -0.15) is 13.2 Å².